The molecule has 0 aliphatic carbocycles. The summed E-state index contributed by atoms with van der Waals surface area (Å²) in [5.41, 5.74) is 0.300. The van der Waals surface area contributed by atoms with E-state index < -0.39 is 15.8 Å². The number of anilines is 1. The third kappa shape index (κ3) is 5.95. The molecule has 166 valence electrons. The second-order valence-electron chi connectivity index (χ2n) is 7.43. The molecule has 0 spiro atoms. The molecule has 0 atom stereocenters. The minimum atomic E-state index is -4.00. The number of nitrogens with zero attached hydrogens (tertiary/aromatic N) is 1. The van der Waals surface area contributed by atoms with Gasteiger partial charge in [-0.2, -0.15) is 0 Å². The highest BCUT2D eigenvalue weighted by Crippen LogP contribution is 2.26. The highest BCUT2D eigenvalue weighted by molar-refractivity contribution is 7.92. The molecule has 3 rings (SSSR count). The predicted molar refractivity (Wildman–Crippen MR) is 116 cm³/mol. The number of sulfonamides is 1. The quantitative estimate of drug-likeness (QED) is 0.681. The minimum Gasteiger partial charge on any atom is -0.356 e. The summed E-state index contributed by atoms with van der Waals surface area (Å²) >= 11 is 6.20. The summed E-state index contributed by atoms with van der Waals surface area (Å²) in [6, 6.07) is 8.83. The Kier molecular flexibility index (Phi) is 7.17. The summed E-state index contributed by atoms with van der Waals surface area (Å²) in [4.78, 5) is 25.6. The van der Waals surface area contributed by atoms with Crippen molar-refractivity contribution in [3.8, 4) is 0 Å². The molecule has 1 fully saturated rings. The van der Waals surface area contributed by atoms with Crippen LogP contribution >= 0.6 is 11.6 Å². The van der Waals surface area contributed by atoms with Gasteiger partial charge in [-0.15, -0.1) is 0 Å². The molecule has 0 radical (unpaired) electrons. The fourth-order valence-electron chi connectivity index (χ4n) is 3.37. The lowest BCUT2D eigenvalue weighted by atomic mass is 9.96. The number of piperidine rings is 1. The summed E-state index contributed by atoms with van der Waals surface area (Å²) in [5, 5.41) is 2.95. The zero-order chi connectivity index (χ0) is 22.6. The van der Waals surface area contributed by atoms with Gasteiger partial charge in [0.1, 0.15) is 5.82 Å². The summed E-state index contributed by atoms with van der Waals surface area (Å²) in [6.45, 7) is 3.02. The number of hydrogen-bond acceptors (Lipinski definition) is 4. The van der Waals surface area contributed by atoms with Crippen LogP contribution in [0.25, 0.3) is 0 Å². The van der Waals surface area contributed by atoms with Crippen LogP contribution in [0.4, 0.5) is 10.1 Å². The van der Waals surface area contributed by atoms with E-state index in [0.717, 1.165) is 25.0 Å². The number of hydrogen-bond donors (Lipinski definition) is 2. The molecule has 2 amide bonds. The summed E-state index contributed by atoms with van der Waals surface area (Å²) in [6.07, 6.45) is 1.46. The van der Waals surface area contributed by atoms with E-state index in [1.165, 1.54) is 37.3 Å². The topological polar surface area (TPSA) is 95.6 Å². The zero-order valence-electron chi connectivity index (χ0n) is 16.9. The Hall–Kier alpha value is -2.65. The van der Waals surface area contributed by atoms with Gasteiger partial charge in [-0.05, 0) is 61.2 Å². The van der Waals surface area contributed by atoms with Crippen LogP contribution in [0.2, 0.25) is 5.02 Å². The molecule has 1 heterocycles. The van der Waals surface area contributed by atoms with Crippen LogP contribution in [0.3, 0.4) is 0 Å². The van der Waals surface area contributed by atoms with Crippen LogP contribution in [0.1, 0.15) is 30.1 Å². The van der Waals surface area contributed by atoms with E-state index in [-0.39, 0.29) is 38.9 Å². The summed E-state index contributed by atoms with van der Waals surface area (Å²) in [5.74, 6) is -0.627. The van der Waals surface area contributed by atoms with E-state index in [9.17, 15) is 22.4 Å². The average Bonchev–Trinajstić information content (AvgIpc) is 2.74. The molecule has 1 saturated heterocycles. The Balaban J connectivity index is 1.72. The van der Waals surface area contributed by atoms with Gasteiger partial charge in [0.05, 0.1) is 15.5 Å². The van der Waals surface area contributed by atoms with Crippen molar-refractivity contribution in [2.45, 2.75) is 24.7 Å². The van der Waals surface area contributed by atoms with Crippen molar-refractivity contribution in [2.75, 3.05) is 24.4 Å². The molecule has 7 nitrogen and oxygen atoms in total. The molecule has 2 N–H and O–H groups in total. The van der Waals surface area contributed by atoms with Crippen molar-refractivity contribution in [3.63, 3.8) is 0 Å². The number of likely N-dealkylation sites (tertiary alicyclic amines) is 1. The first kappa shape index (κ1) is 23.0. The van der Waals surface area contributed by atoms with E-state index in [4.69, 9.17) is 11.6 Å². The monoisotopic (exact) mass is 467 g/mol. The Bertz CT molecular complexity index is 1070. The van der Waals surface area contributed by atoms with Crippen LogP contribution in [0, 0.1) is 11.7 Å². The van der Waals surface area contributed by atoms with E-state index in [1.54, 1.807) is 4.90 Å². The second kappa shape index (κ2) is 9.65. The van der Waals surface area contributed by atoms with Gasteiger partial charge in [-0.3, -0.25) is 14.3 Å². The van der Waals surface area contributed by atoms with Crippen LogP contribution in [-0.2, 0) is 14.8 Å². The number of halogens is 2. The molecular weight excluding hydrogens is 445 g/mol. The maximum atomic E-state index is 13.1. The van der Waals surface area contributed by atoms with Crippen molar-refractivity contribution in [2.24, 2.45) is 5.92 Å². The fourth-order valence-corrected chi connectivity index (χ4v) is 4.65. The Morgan fingerprint density at radius 3 is 2.39 bits per heavy atom. The predicted octanol–water partition coefficient (Wildman–Crippen LogP) is 3.27. The normalized spacial score (nSPS) is 14.9. The van der Waals surface area contributed by atoms with Gasteiger partial charge >= 0.3 is 0 Å². The number of carbonyl (C=O) groups is 2. The van der Waals surface area contributed by atoms with Crippen molar-refractivity contribution in [1.29, 1.82) is 0 Å². The lowest BCUT2D eigenvalue weighted by molar-refractivity contribution is -0.119. The number of benzene rings is 2. The van der Waals surface area contributed by atoms with Crippen LogP contribution in [0.15, 0.2) is 47.4 Å². The number of nitrogens with one attached hydrogen (secondary N) is 2. The van der Waals surface area contributed by atoms with Crippen LogP contribution in [0.5, 0.6) is 0 Å². The lowest BCUT2D eigenvalue weighted by Crippen LogP contribution is -2.41. The molecule has 31 heavy (non-hydrogen) atoms. The molecule has 1 aliphatic heterocycles. The van der Waals surface area contributed by atoms with Crippen molar-refractivity contribution in [3.05, 3.63) is 58.9 Å². The maximum Gasteiger partial charge on any atom is 0.261 e. The van der Waals surface area contributed by atoms with Gasteiger partial charge in [-0.25, -0.2) is 12.8 Å². The van der Waals surface area contributed by atoms with Crippen molar-refractivity contribution in [1.82, 2.24) is 10.2 Å². The van der Waals surface area contributed by atoms with E-state index in [2.05, 4.69) is 10.0 Å². The third-order valence-electron chi connectivity index (χ3n) is 5.12. The van der Waals surface area contributed by atoms with Gasteiger partial charge < -0.3 is 10.2 Å². The number of carbonyl (C=O) groups excluding carboxylic acids is 2. The van der Waals surface area contributed by atoms with E-state index >= 15 is 0 Å². The van der Waals surface area contributed by atoms with Gasteiger partial charge in [-0.1, -0.05) is 11.6 Å². The SMILES string of the molecule is CC(=O)NCC1CCN(C(=O)c2cc(S(=O)(=O)Nc3ccc(F)cc3)ccc2Cl)CC1. The standard InChI is InChI=1S/C21H23ClFN3O4S/c1-14(27)24-13-15-8-10-26(11-9-15)21(28)19-12-18(6-7-20(19)22)31(29,30)25-17-4-2-16(23)3-5-17/h2-7,12,15,25H,8-11,13H2,1H3,(H,24,27). The van der Waals surface area contributed by atoms with Gasteiger partial charge in [0, 0.05) is 32.2 Å². The fraction of sp³-hybridized carbons (Fsp3) is 0.333. The Labute approximate surface area is 185 Å². The first-order chi connectivity index (χ1) is 14.7. The average molecular weight is 468 g/mol. The van der Waals surface area contributed by atoms with E-state index in [1.807, 2.05) is 0 Å². The van der Waals surface area contributed by atoms with E-state index in [0.29, 0.717) is 19.6 Å². The zero-order valence-corrected chi connectivity index (χ0v) is 18.5. The van der Waals surface area contributed by atoms with Crippen LogP contribution < -0.4 is 10.0 Å². The molecule has 0 aromatic heterocycles. The Morgan fingerprint density at radius 2 is 1.77 bits per heavy atom. The van der Waals surface area contributed by atoms with Gasteiger partial charge in [0.25, 0.3) is 15.9 Å². The first-order valence-corrected chi connectivity index (χ1v) is 11.6. The molecule has 1 aliphatic rings. The molecule has 2 aromatic carbocycles. The smallest absolute Gasteiger partial charge is 0.261 e. The summed E-state index contributed by atoms with van der Waals surface area (Å²) in [7, 11) is -4.00. The lowest BCUT2D eigenvalue weighted by Gasteiger charge is -2.32. The molecular formula is C21H23ClFN3O4S. The highest BCUT2D eigenvalue weighted by Gasteiger charge is 2.26. The maximum absolute atomic E-state index is 13.1. The molecule has 2 aromatic rings. The molecule has 0 unspecified atom stereocenters. The Morgan fingerprint density at radius 1 is 1.13 bits per heavy atom. The number of amides is 2. The second-order valence-corrected chi connectivity index (χ2v) is 9.52. The van der Waals surface area contributed by atoms with Crippen LogP contribution in [-0.4, -0.2) is 44.8 Å². The summed E-state index contributed by atoms with van der Waals surface area (Å²) < 4.78 is 40.8. The van der Waals surface area contributed by atoms with Crippen molar-refractivity contribution < 1.29 is 22.4 Å². The highest BCUT2D eigenvalue weighted by atomic mass is 35.5. The van der Waals surface area contributed by atoms with Crippen molar-refractivity contribution >= 4 is 39.1 Å². The molecule has 10 heteroatoms. The third-order valence-corrected chi connectivity index (χ3v) is 6.82. The minimum absolute atomic E-state index is 0.0856. The van der Waals surface area contributed by atoms with Gasteiger partial charge in [0.2, 0.25) is 5.91 Å². The first-order valence-electron chi connectivity index (χ1n) is 9.77. The van der Waals surface area contributed by atoms with Gasteiger partial charge in [0.15, 0.2) is 0 Å². The number of rotatable bonds is 6. The largest absolute Gasteiger partial charge is 0.356 e. The molecule has 0 saturated carbocycles. The molecule has 0 bridgehead atoms.